The molecule has 0 radical (unpaired) electrons. The van der Waals surface area contributed by atoms with Crippen LogP contribution >= 0.6 is 22.9 Å². The van der Waals surface area contributed by atoms with Crippen LogP contribution in [0.25, 0.3) is 15.3 Å². The Labute approximate surface area is 113 Å². The summed E-state index contributed by atoms with van der Waals surface area (Å²) in [5.74, 6) is 0.584. The van der Waals surface area contributed by atoms with Gasteiger partial charge < -0.3 is 5.73 Å². The molecule has 0 fully saturated rings. The quantitative estimate of drug-likeness (QED) is 0.743. The Morgan fingerprint density at radius 2 is 2.11 bits per heavy atom. The number of aryl methyl sites for hydroxylation is 2. The lowest BCUT2D eigenvalue weighted by molar-refractivity contribution is 0.865. The summed E-state index contributed by atoms with van der Waals surface area (Å²) in [5, 5.41) is 5.78. The van der Waals surface area contributed by atoms with Crippen LogP contribution in [0, 0.1) is 13.8 Å². The summed E-state index contributed by atoms with van der Waals surface area (Å²) in [6.45, 7) is 3.91. The highest BCUT2D eigenvalue weighted by Gasteiger charge is 2.13. The molecule has 0 saturated carbocycles. The first-order chi connectivity index (χ1) is 8.56. The van der Waals surface area contributed by atoms with Crippen LogP contribution in [0.2, 0.25) is 5.02 Å². The Morgan fingerprint density at radius 1 is 1.33 bits per heavy atom. The highest BCUT2D eigenvalue weighted by molar-refractivity contribution is 7.21. The van der Waals surface area contributed by atoms with Crippen LogP contribution in [-0.2, 0) is 0 Å². The molecule has 0 aliphatic heterocycles. The molecule has 2 N–H and O–H groups in total. The van der Waals surface area contributed by atoms with E-state index in [4.69, 9.17) is 17.3 Å². The van der Waals surface area contributed by atoms with E-state index in [9.17, 15) is 0 Å². The highest BCUT2D eigenvalue weighted by Crippen LogP contribution is 2.33. The topological polar surface area (TPSA) is 56.7 Å². The molecule has 4 nitrogen and oxygen atoms in total. The molecule has 92 valence electrons. The number of anilines is 1. The molecule has 0 spiro atoms. The van der Waals surface area contributed by atoms with Gasteiger partial charge in [-0.1, -0.05) is 29.0 Å². The van der Waals surface area contributed by atoms with E-state index in [1.807, 2.05) is 32.0 Å². The maximum atomic E-state index is 6.18. The summed E-state index contributed by atoms with van der Waals surface area (Å²) in [6.07, 6.45) is 0. The monoisotopic (exact) mass is 278 g/mol. The maximum Gasteiger partial charge on any atom is 0.213 e. The van der Waals surface area contributed by atoms with Crippen LogP contribution in [-0.4, -0.2) is 14.8 Å². The number of hydrogen-bond acceptors (Lipinski definition) is 4. The molecule has 0 atom stereocenters. The number of nitrogens with two attached hydrogens (primary N) is 1. The standard InChI is InChI=1S/C12H11ClN4S/c1-6-3-4-8(13)11-10(6)15-12(18-11)17-9(14)5-7(2)16-17/h3-5H,14H2,1-2H3. The van der Waals surface area contributed by atoms with Crippen molar-refractivity contribution in [2.45, 2.75) is 13.8 Å². The van der Waals surface area contributed by atoms with E-state index in [-0.39, 0.29) is 0 Å². The van der Waals surface area contributed by atoms with Gasteiger partial charge in [0.25, 0.3) is 0 Å². The predicted octanol–water partition coefficient (Wildman–Crippen LogP) is 3.33. The third-order valence-corrected chi connectivity index (χ3v) is 4.22. The molecule has 6 heteroatoms. The summed E-state index contributed by atoms with van der Waals surface area (Å²) < 4.78 is 2.62. The first kappa shape index (κ1) is 11.5. The Balaban J connectivity index is 2.29. The van der Waals surface area contributed by atoms with Gasteiger partial charge in [-0.25, -0.2) is 4.98 Å². The van der Waals surface area contributed by atoms with Crippen molar-refractivity contribution in [2.75, 3.05) is 5.73 Å². The number of benzene rings is 1. The van der Waals surface area contributed by atoms with Gasteiger partial charge in [0.2, 0.25) is 5.13 Å². The Hall–Kier alpha value is -1.59. The summed E-state index contributed by atoms with van der Waals surface area (Å²) >= 11 is 7.68. The minimum absolute atomic E-state index is 0.584. The van der Waals surface area contributed by atoms with Gasteiger partial charge in [0.15, 0.2) is 0 Å². The molecule has 0 aliphatic rings. The summed E-state index contributed by atoms with van der Waals surface area (Å²) in [7, 11) is 0. The van der Waals surface area contributed by atoms with Crippen molar-refractivity contribution in [1.29, 1.82) is 0 Å². The maximum absolute atomic E-state index is 6.18. The second kappa shape index (κ2) is 3.96. The fraction of sp³-hybridized carbons (Fsp3) is 0.167. The minimum atomic E-state index is 0.584. The van der Waals surface area contributed by atoms with Gasteiger partial charge >= 0.3 is 0 Å². The van der Waals surface area contributed by atoms with Crippen LogP contribution in [0.4, 0.5) is 5.82 Å². The average Bonchev–Trinajstić information content (AvgIpc) is 2.88. The van der Waals surface area contributed by atoms with Crippen LogP contribution in [0.5, 0.6) is 0 Å². The molecule has 0 bridgehead atoms. The molecular weight excluding hydrogens is 268 g/mol. The number of fused-ring (bicyclic) bond motifs is 1. The van der Waals surface area contributed by atoms with Crippen molar-refractivity contribution in [3.8, 4) is 5.13 Å². The van der Waals surface area contributed by atoms with E-state index in [2.05, 4.69) is 10.1 Å². The van der Waals surface area contributed by atoms with Gasteiger partial charge in [-0.15, -0.1) is 0 Å². The minimum Gasteiger partial charge on any atom is -0.383 e. The predicted molar refractivity (Wildman–Crippen MR) is 75.6 cm³/mol. The van der Waals surface area contributed by atoms with E-state index in [0.29, 0.717) is 10.8 Å². The van der Waals surface area contributed by atoms with Crippen molar-refractivity contribution in [3.63, 3.8) is 0 Å². The lowest BCUT2D eigenvalue weighted by Gasteiger charge is -1.96. The number of aromatic nitrogens is 3. The molecule has 1 aromatic carbocycles. The van der Waals surface area contributed by atoms with E-state index >= 15 is 0 Å². The van der Waals surface area contributed by atoms with Gasteiger partial charge in [0.05, 0.1) is 20.9 Å². The molecule has 3 rings (SSSR count). The zero-order chi connectivity index (χ0) is 12.9. The first-order valence-corrected chi connectivity index (χ1v) is 6.64. The van der Waals surface area contributed by atoms with Crippen molar-refractivity contribution >= 4 is 39.0 Å². The zero-order valence-corrected chi connectivity index (χ0v) is 11.5. The molecule has 0 unspecified atom stereocenters. The SMILES string of the molecule is Cc1cc(N)n(-c2nc3c(C)ccc(Cl)c3s2)n1. The lowest BCUT2D eigenvalue weighted by Crippen LogP contribution is -2.00. The Bertz CT molecular complexity index is 705. The summed E-state index contributed by atoms with van der Waals surface area (Å²) in [5.41, 5.74) is 8.78. The summed E-state index contributed by atoms with van der Waals surface area (Å²) in [4.78, 5) is 4.57. The van der Waals surface area contributed by atoms with Crippen LogP contribution in [0.3, 0.4) is 0 Å². The van der Waals surface area contributed by atoms with E-state index in [0.717, 1.165) is 26.6 Å². The van der Waals surface area contributed by atoms with Gasteiger partial charge in [-0.05, 0) is 25.5 Å². The number of halogens is 1. The number of rotatable bonds is 1. The van der Waals surface area contributed by atoms with Gasteiger partial charge in [-0.3, -0.25) is 0 Å². The fourth-order valence-corrected chi connectivity index (χ4v) is 3.14. The number of thiazole rings is 1. The fourth-order valence-electron chi connectivity index (χ4n) is 1.85. The molecule has 2 heterocycles. The van der Waals surface area contributed by atoms with Crippen molar-refractivity contribution < 1.29 is 0 Å². The normalized spacial score (nSPS) is 11.3. The Morgan fingerprint density at radius 3 is 2.72 bits per heavy atom. The molecule has 3 aromatic rings. The second-order valence-electron chi connectivity index (χ2n) is 4.16. The molecular formula is C12H11ClN4S. The number of hydrogen-bond donors (Lipinski definition) is 1. The number of nitrogen functional groups attached to an aromatic ring is 1. The summed E-state index contributed by atoms with van der Waals surface area (Å²) in [6, 6.07) is 5.67. The van der Waals surface area contributed by atoms with E-state index < -0.39 is 0 Å². The lowest BCUT2D eigenvalue weighted by atomic mass is 10.2. The van der Waals surface area contributed by atoms with Crippen molar-refractivity contribution in [2.24, 2.45) is 0 Å². The van der Waals surface area contributed by atoms with Crippen LogP contribution < -0.4 is 5.73 Å². The third-order valence-electron chi connectivity index (χ3n) is 2.73. The number of nitrogens with zero attached hydrogens (tertiary/aromatic N) is 3. The molecule has 0 amide bonds. The zero-order valence-electron chi connectivity index (χ0n) is 9.94. The van der Waals surface area contributed by atoms with Crippen LogP contribution in [0.15, 0.2) is 18.2 Å². The van der Waals surface area contributed by atoms with E-state index in [1.165, 1.54) is 11.3 Å². The van der Waals surface area contributed by atoms with Crippen molar-refractivity contribution in [1.82, 2.24) is 14.8 Å². The van der Waals surface area contributed by atoms with Gasteiger partial charge in [0, 0.05) is 6.07 Å². The molecule has 0 aliphatic carbocycles. The molecule has 18 heavy (non-hydrogen) atoms. The van der Waals surface area contributed by atoms with E-state index in [1.54, 1.807) is 4.68 Å². The first-order valence-electron chi connectivity index (χ1n) is 5.44. The average molecular weight is 279 g/mol. The second-order valence-corrected chi connectivity index (χ2v) is 5.55. The highest BCUT2D eigenvalue weighted by atomic mass is 35.5. The van der Waals surface area contributed by atoms with Gasteiger partial charge in [-0.2, -0.15) is 9.78 Å². The third kappa shape index (κ3) is 1.67. The van der Waals surface area contributed by atoms with Crippen LogP contribution in [0.1, 0.15) is 11.3 Å². The Kier molecular flexibility index (Phi) is 2.53. The van der Waals surface area contributed by atoms with Crippen molar-refractivity contribution in [3.05, 3.63) is 34.5 Å². The largest absolute Gasteiger partial charge is 0.383 e. The molecule has 0 saturated heterocycles. The smallest absolute Gasteiger partial charge is 0.213 e. The molecule has 2 aromatic heterocycles. The van der Waals surface area contributed by atoms with Gasteiger partial charge in [0.1, 0.15) is 5.82 Å².